The van der Waals surface area contributed by atoms with E-state index in [0.29, 0.717) is 17.0 Å². The number of halogens is 1. The highest BCUT2D eigenvalue weighted by Crippen LogP contribution is 2.38. The number of benzene rings is 1. The van der Waals surface area contributed by atoms with E-state index in [-0.39, 0.29) is 11.7 Å². The third-order valence-electron chi connectivity index (χ3n) is 5.31. The number of carbonyl (C=O) groups is 1. The number of esters is 1. The number of hydrogen-bond donors (Lipinski definition) is 0. The zero-order valence-electron chi connectivity index (χ0n) is 16.1. The SMILES string of the molecule is COC(=O)c1c2c(n(CCCCCCl)c1-c1cccc([N+](=O)[O-])c1)CCCC2. The Morgan fingerprint density at radius 1 is 1.25 bits per heavy atom. The van der Waals surface area contributed by atoms with Crippen LogP contribution in [0.3, 0.4) is 0 Å². The van der Waals surface area contributed by atoms with Crippen molar-refractivity contribution >= 4 is 23.3 Å². The average Bonchev–Trinajstić information content (AvgIpc) is 3.05. The first-order chi connectivity index (χ1) is 13.6. The second kappa shape index (κ2) is 9.24. The van der Waals surface area contributed by atoms with Crippen molar-refractivity contribution in [2.45, 2.75) is 51.5 Å². The monoisotopic (exact) mass is 404 g/mol. The highest BCUT2D eigenvalue weighted by molar-refractivity contribution is 6.17. The Kier molecular flexibility index (Phi) is 6.73. The maximum absolute atomic E-state index is 12.7. The molecule has 0 saturated heterocycles. The largest absolute Gasteiger partial charge is 0.465 e. The van der Waals surface area contributed by atoms with Gasteiger partial charge in [-0.1, -0.05) is 18.6 Å². The number of aromatic nitrogens is 1. The van der Waals surface area contributed by atoms with Crippen LogP contribution in [-0.2, 0) is 24.1 Å². The summed E-state index contributed by atoms with van der Waals surface area (Å²) in [6.07, 6.45) is 6.73. The number of nitro groups is 1. The lowest BCUT2D eigenvalue weighted by Gasteiger charge is -2.17. The van der Waals surface area contributed by atoms with Gasteiger partial charge in [0.05, 0.1) is 23.3 Å². The third-order valence-corrected chi connectivity index (χ3v) is 5.58. The van der Waals surface area contributed by atoms with Crippen molar-refractivity contribution in [2.75, 3.05) is 13.0 Å². The molecule has 0 N–H and O–H groups in total. The van der Waals surface area contributed by atoms with E-state index >= 15 is 0 Å². The van der Waals surface area contributed by atoms with E-state index in [1.54, 1.807) is 12.1 Å². The lowest BCUT2D eigenvalue weighted by molar-refractivity contribution is -0.384. The number of ether oxygens (including phenoxy) is 1. The molecule has 1 aromatic heterocycles. The molecule has 0 aliphatic heterocycles. The fraction of sp³-hybridized carbons (Fsp3) is 0.476. The van der Waals surface area contributed by atoms with Gasteiger partial charge < -0.3 is 9.30 Å². The molecule has 7 heteroatoms. The molecule has 0 amide bonds. The summed E-state index contributed by atoms with van der Waals surface area (Å²) >= 11 is 5.81. The molecule has 0 saturated carbocycles. The number of methoxy groups -OCH3 is 1. The molecule has 1 aromatic carbocycles. The summed E-state index contributed by atoms with van der Waals surface area (Å²) < 4.78 is 7.28. The maximum atomic E-state index is 12.7. The average molecular weight is 405 g/mol. The lowest BCUT2D eigenvalue weighted by Crippen LogP contribution is -2.10. The van der Waals surface area contributed by atoms with Crippen LogP contribution in [0.4, 0.5) is 5.69 Å². The number of carbonyl (C=O) groups excluding carboxylic acids is 1. The minimum absolute atomic E-state index is 0.0150. The number of hydrogen-bond acceptors (Lipinski definition) is 4. The topological polar surface area (TPSA) is 74.4 Å². The Bertz CT molecular complexity index is 876. The van der Waals surface area contributed by atoms with Gasteiger partial charge in [-0.05, 0) is 44.1 Å². The van der Waals surface area contributed by atoms with Crippen molar-refractivity contribution in [1.29, 1.82) is 0 Å². The highest BCUT2D eigenvalue weighted by atomic mass is 35.5. The number of non-ortho nitro benzene ring substituents is 1. The lowest BCUT2D eigenvalue weighted by atomic mass is 9.93. The molecule has 1 aliphatic rings. The number of rotatable bonds is 8. The van der Waals surface area contributed by atoms with Gasteiger partial charge in [0.1, 0.15) is 0 Å². The van der Waals surface area contributed by atoms with E-state index < -0.39 is 4.92 Å². The van der Waals surface area contributed by atoms with Crippen LogP contribution in [0, 0.1) is 10.1 Å². The minimum Gasteiger partial charge on any atom is -0.465 e. The van der Waals surface area contributed by atoms with Gasteiger partial charge in [-0.15, -0.1) is 11.6 Å². The molecule has 0 bridgehead atoms. The summed E-state index contributed by atoms with van der Waals surface area (Å²) in [6.45, 7) is 0.758. The number of alkyl halides is 1. The molecular formula is C21H25ClN2O4. The summed E-state index contributed by atoms with van der Waals surface area (Å²) in [5, 5.41) is 11.3. The molecule has 0 atom stereocenters. The van der Waals surface area contributed by atoms with Gasteiger partial charge in [0.2, 0.25) is 0 Å². The molecule has 28 heavy (non-hydrogen) atoms. The standard InChI is InChI=1S/C21H25ClN2O4/c1-28-21(25)19-17-10-3-4-11-18(17)23(13-6-2-5-12-22)20(19)15-8-7-9-16(14-15)24(26)27/h7-9,14H,2-6,10-13H2,1H3. The Morgan fingerprint density at radius 2 is 2.04 bits per heavy atom. The van der Waals surface area contributed by atoms with Crippen molar-refractivity contribution in [3.8, 4) is 11.3 Å². The first kappa shape index (κ1) is 20.4. The van der Waals surface area contributed by atoms with E-state index in [1.807, 2.05) is 6.07 Å². The van der Waals surface area contributed by atoms with Crippen molar-refractivity contribution in [2.24, 2.45) is 0 Å². The summed E-state index contributed by atoms with van der Waals surface area (Å²) in [6, 6.07) is 6.51. The highest BCUT2D eigenvalue weighted by Gasteiger charge is 2.30. The number of nitro benzene ring substituents is 1. The molecule has 0 spiro atoms. The molecule has 6 nitrogen and oxygen atoms in total. The van der Waals surface area contributed by atoms with Crippen LogP contribution in [0.5, 0.6) is 0 Å². The summed E-state index contributed by atoms with van der Waals surface area (Å²) in [4.78, 5) is 23.6. The molecular weight excluding hydrogens is 380 g/mol. The van der Waals surface area contributed by atoms with Crippen LogP contribution in [0.25, 0.3) is 11.3 Å². The fourth-order valence-corrected chi connectivity index (χ4v) is 4.24. The zero-order chi connectivity index (χ0) is 20.1. The quantitative estimate of drug-likeness (QED) is 0.201. The van der Waals surface area contributed by atoms with Crippen LogP contribution in [0.15, 0.2) is 24.3 Å². The van der Waals surface area contributed by atoms with Crippen molar-refractivity contribution < 1.29 is 14.5 Å². The van der Waals surface area contributed by atoms with Crippen molar-refractivity contribution in [3.63, 3.8) is 0 Å². The van der Waals surface area contributed by atoms with E-state index in [4.69, 9.17) is 16.3 Å². The van der Waals surface area contributed by atoms with Gasteiger partial charge in [0.15, 0.2) is 0 Å². The number of fused-ring (bicyclic) bond motifs is 1. The Morgan fingerprint density at radius 3 is 2.75 bits per heavy atom. The Balaban J connectivity index is 2.16. The number of unbranched alkanes of at least 4 members (excludes halogenated alkanes) is 2. The van der Waals surface area contributed by atoms with Gasteiger partial charge in [-0.25, -0.2) is 4.79 Å². The molecule has 1 aliphatic carbocycles. The Hall–Kier alpha value is -2.34. The van der Waals surface area contributed by atoms with Gasteiger partial charge in [-0.2, -0.15) is 0 Å². The number of nitrogens with zero attached hydrogens (tertiary/aromatic N) is 2. The second-order valence-corrected chi connectivity index (χ2v) is 7.43. The van der Waals surface area contributed by atoms with Gasteiger partial charge in [-0.3, -0.25) is 10.1 Å². The predicted octanol–water partition coefficient (Wildman–Crippen LogP) is 5.14. The third kappa shape index (κ3) is 4.07. The minimum atomic E-state index is -0.408. The molecule has 2 aromatic rings. The smallest absolute Gasteiger partial charge is 0.340 e. The van der Waals surface area contributed by atoms with Crippen molar-refractivity contribution in [3.05, 3.63) is 51.2 Å². The van der Waals surface area contributed by atoms with Crippen LogP contribution in [0.2, 0.25) is 0 Å². The molecule has 1 heterocycles. The summed E-state index contributed by atoms with van der Waals surface area (Å²) in [7, 11) is 1.38. The van der Waals surface area contributed by atoms with E-state index in [9.17, 15) is 14.9 Å². The molecule has 3 rings (SSSR count). The summed E-state index contributed by atoms with van der Waals surface area (Å²) in [5.41, 5.74) is 4.21. The van der Waals surface area contributed by atoms with E-state index in [0.717, 1.165) is 62.7 Å². The molecule has 150 valence electrons. The maximum Gasteiger partial charge on any atom is 0.340 e. The van der Waals surface area contributed by atoms with E-state index in [1.165, 1.54) is 18.9 Å². The molecule has 0 unspecified atom stereocenters. The fourth-order valence-electron chi connectivity index (χ4n) is 4.05. The van der Waals surface area contributed by atoms with Gasteiger partial charge in [0.25, 0.3) is 5.69 Å². The van der Waals surface area contributed by atoms with Crippen LogP contribution in [-0.4, -0.2) is 28.4 Å². The van der Waals surface area contributed by atoms with Crippen molar-refractivity contribution in [1.82, 2.24) is 4.57 Å². The van der Waals surface area contributed by atoms with Gasteiger partial charge in [0, 0.05) is 35.8 Å². The van der Waals surface area contributed by atoms with Crippen LogP contribution in [0.1, 0.15) is 53.7 Å². The zero-order valence-corrected chi connectivity index (χ0v) is 16.8. The van der Waals surface area contributed by atoms with Crippen LogP contribution < -0.4 is 0 Å². The van der Waals surface area contributed by atoms with Gasteiger partial charge >= 0.3 is 5.97 Å². The molecule has 0 fully saturated rings. The van der Waals surface area contributed by atoms with E-state index in [2.05, 4.69) is 4.57 Å². The summed E-state index contributed by atoms with van der Waals surface area (Å²) in [5.74, 6) is 0.258. The first-order valence-corrected chi connectivity index (χ1v) is 10.2. The Labute approximate surface area is 169 Å². The first-order valence-electron chi connectivity index (χ1n) is 9.71. The molecule has 0 radical (unpaired) electrons. The second-order valence-electron chi connectivity index (χ2n) is 7.06. The normalized spacial score (nSPS) is 13.2. The predicted molar refractivity (Wildman–Crippen MR) is 109 cm³/mol. The van der Waals surface area contributed by atoms with Crippen LogP contribution >= 0.6 is 11.6 Å².